The lowest BCUT2D eigenvalue weighted by atomic mass is 9.73. The van der Waals surface area contributed by atoms with Gasteiger partial charge in [-0.25, -0.2) is 0 Å². The summed E-state index contributed by atoms with van der Waals surface area (Å²) in [7, 11) is 3.13. The van der Waals surface area contributed by atoms with Crippen LogP contribution in [0.25, 0.3) is 0 Å². The molecule has 6 heteroatoms. The van der Waals surface area contributed by atoms with Crippen LogP contribution in [0.5, 0.6) is 11.5 Å². The van der Waals surface area contributed by atoms with Crippen LogP contribution in [0.15, 0.2) is 53.7 Å². The summed E-state index contributed by atoms with van der Waals surface area (Å²) in [5.74, 6) is 0.653. The van der Waals surface area contributed by atoms with Gasteiger partial charge in [0.1, 0.15) is 0 Å². The summed E-state index contributed by atoms with van der Waals surface area (Å²) in [6.07, 6.45) is 1.13. The van der Waals surface area contributed by atoms with Crippen molar-refractivity contribution in [3.63, 3.8) is 0 Å². The Kier molecular flexibility index (Phi) is 5.33. The first-order valence-corrected chi connectivity index (χ1v) is 9.92. The van der Waals surface area contributed by atoms with Crippen molar-refractivity contribution < 1.29 is 19.1 Å². The second kappa shape index (κ2) is 7.91. The Labute approximate surface area is 174 Å². The molecule has 150 valence electrons. The molecule has 1 N–H and O–H groups in total. The monoisotopic (exact) mass is 411 g/mol. The number of rotatable bonds is 4. The van der Waals surface area contributed by atoms with Crippen molar-refractivity contribution in [3.05, 3.63) is 69.9 Å². The molecule has 1 heterocycles. The quantitative estimate of drug-likeness (QED) is 0.811. The number of ether oxygens (including phenoxy) is 2. The van der Waals surface area contributed by atoms with Gasteiger partial charge in [-0.3, -0.25) is 9.59 Å². The Morgan fingerprint density at radius 1 is 0.931 bits per heavy atom. The Bertz CT molecular complexity index is 1010. The third kappa shape index (κ3) is 3.51. The number of benzene rings is 2. The second-order valence-corrected chi connectivity index (χ2v) is 7.74. The fourth-order valence-corrected chi connectivity index (χ4v) is 4.73. The molecule has 0 spiro atoms. The number of Topliss-reactive ketones (excluding diaryl/α,β-unsaturated/α-hetero) is 1. The van der Waals surface area contributed by atoms with Gasteiger partial charge >= 0.3 is 0 Å². The molecule has 2 unspecified atom stereocenters. The van der Waals surface area contributed by atoms with Gasteiger partial charge in [0.2, 0.25) is 5.91 Å². The van der Waals surface area contributed by atoms with Crippen molar-refractivity contribution in [2.45, 2.75) is 31.1 Å². The van der Waals surface area contributed by atoms with E-state index in [0.29, 0.717) is 40.6 Å². The standard InChI is InChI=1S/C23H22ClNO4/c1-28-20-9-5-7-15(23(20)29-2)16-12-21(27)25-18-10-13(11-19(26)22(16)18)14-6-3-4-8-17(14)24/h3-9,13,16H,10-12H2,1-2H3,(H,25,27). The molecule has 0 fully saturated rings. The summed E-state index contributed by atoms with van der Waals surface area (Å²) in [6.45, 7) is 0. The van der Waals surface area contributed by atoms with Crippen LogP contribution in [0, 0.1) is 0 Å². The molecular formula is C23H22ClNO4. The lowest BCUT2D eigenvalue weighted by molar-refractivity contribution is -0.122. The van der Waals surface area contributed by atoms with Gasteiger partial charge in [0.15, 0.2) is 17.3 Å². The Morgan fingerprint density at radius 2 is 1.69 bits per heavy atom. The van der Waals surface area contributed by atoms with Crippen molar-refractivity contribution in [2.24, 2.45) is 0 Å². The molecule has 0 bridgehead atoms. The lowest BCUT2D eigenvalue weighted by Gasteiger charge is -2.35. The zero-order valence-electron chi connectivity index (χ0n) is 16.3. The molecule has 2 aromatic carbocycles. The summed E-state index contributed by atoms with van der Waals surface area (Å²) in [6, 6.07) is 13.1. The number of hydrogen-bond acceptors (Lipinski definition) is 4. The minimum absolute atomic E-state index is 0.0334. The summed E-state index contributed by atoms with van der Waals surface area (Å²) in [5.41, 5.74) is 3.08. The summed E-state index contributed by atoms with van der Waals surface area (Å²) < 4.78 is 11.0. The molecule has 2 aromatic rings. The first-order chi connectivity index (χ1) is 14.0. The van der Waals surface area contributed by atoms with Crippen molar-refractivity contribution in [1.29, 1.82) is 0 Å². The zero-order valence-corrected chi connectivity index (χ0v) is 17.1. The van der Waals surface area contributed by atoms with Crippen LogP contribution < -0.4 is 14.8 Å². The van der Waals surface area contributed by atoms with Gasteiger partial charge in [0.25, 0.3) is 0 Å². The van der Waals surface area contributed by atoms with Crippen LogP contribution in [-0.4, -0.2) is 25.9 Å². The van der Waals surface area contributed by atoms with Crippen LogP contribution >= 0.6 is 11.6 Å². The van der Waals surface area contributed by atoms with Gasteiger partial charge in [-0.1, -0.05) is 41.9 Å². The third-order valence-corrected chi connectivity index (χ3v) is 6.03. The van der Waals surface area contributed by atoms with E-state index in [1.807, 2.05) is 36.4 Å². The summed E-state index contributed by atoms with van der Waals surface area (Å²) in [4.78, 5) is 25.8. The van der Waals surface area contributed by atoms with E-state index in [2.05, 4.69) is 5.32 Å². The number of ketones is 1. The van der Waals surface area contributed by atoms with E-state index in [1.54, 1.807) is 20.3 Å². The van der Waals surface area contributed by atoms with E-state index in [1.165, 1.54) is 0 Å². The van der Waals surface area contributed by atoms with Gasteiger partial charge in [-0.15, -0.1) is 0 Å². The highest BCUT2D eigenvalue weighted by Gasteiger charge is 2.39. The lowest BCUT2D eigenvalue weighted by Crippen LogP contribution is -2.38. The molecule has 0 saturated carbocycles. The van der Waals surface area contributed by atoms with Gasteiger partial charge in [-0.05, 0) is 30.0 Å². The maximum absolute atomic E-state index is 13.2. The number of allylic oxidation sites excluding steroid dienone is 2. The summed E-state index contributed by atoms with van der Waals surface area (Å²) >= 11 is 6.36. The van der Waals surface area contributed by atoms with Crippen LogP contribution in [-0.2, 0) is 9.59 Å². The molecule has 0 saturated heterocycles. The summed E-state index contributed by atoms with van der Waals surface area (Å²) in [5, 5.41) is 3.58. The maximum atomic E-state index is 13.2. The highest BCUT2D eigenvalue weighted by Crippen LogP contribution is 2.47. The number of amides is 1. The fourth-order valence-electron chi connectivity index (χ4n) is 4.44. The number of carbonyl (C=O) groups is 2. The topological polar surface area (TPSA) is 64.6 Å². The molecule has 0 radical (unpaired) electrons. The Balaban J connectivity index is 1.78. The molecular weight excluding hydrogens is 390 g/mol. The SMILES string of the molecule is COc1cccc(C2CC(=O)NC3=C2C(=O)CC(c2ccccc2Cl)C3)c1OC. The largest absolute Gasteiger partial charge is 0.493 e. The second-order valence-electron chi connectivity index (χ2n) is 7.33. The van der Waals surface area contributed by atoms with Gasteiger partial charge in [0, 0.05) is 40.6 Å². The number of carbonyl (C=O) groups excluding carboxylic acids is 2. The van der Waals surface area contributed by atoms with Crippen LogP contribution in [0.1, 0.15) is 42.2 Å². The smallest absolute Gasteiger partial charge is 0.225 e. The van der Waals surface area contributed by atoms with Crippen molar-refractivity contribution in [3.8, 4) is 11.5 Å². The number of hydrogen-bond donors (Lipinski definition) is 1. The number of halogens is 1. The van der Waals surface area contributed by atoms with Crippen LogP contribution in [0.2, 0.25) is 5.02 Å². The fraction of sp³-hybridized carbons (Fsp3) is 0.304. The normalized spacial score (nSPS) is 21.5. The van der Waals surface area contributed by atoms with Crippen molar-refractivity contribution >= 4 is 23.3 Å². The van der Waals surface area contributed by atoms with Crippen molar-refractivity contribution in [1.82, 2.24) is 5.32 Å². The molecule has 5 nitrogen and oxygen atoms in total. The number of nitrogens with one attached hydrogen (secondary N) is 1. The molecule has 29 heavy (non-hydrogen) atoms. The average Bonchev–Trinajstić information content (AvgIpc) is 2.72. The predicted octanol–water partition coefficient (Wildman–Crippen LogP) is 4.36. The molecule has 1 aliphatic heterocycles. The first-order valence-electron chi connectivity index (χ1n) is 9.54. The van der Waals surface area contributed by atoms with Crippen molar-refractivity contribution in [2.75, 3.05) is 14.2 Å². The molecule has 2 atom stereocenters. The van der Waals surface area contributed by atoms with E-state index in [-0.39, 0.29) is 29.9 Å². The number of para-hydroxylation sites is 1. The maximum Gasteiger partial charge on any atom is 0.225 e. The molecule has 1 aliphatic carbocycles. The van der Waals surface area contributed by atoms with E-state index in [9.17, 15) is 9.59 Å². The van der Waals surface area contributed by atoms with Crippen LogP contribution in [0.3, 0.4) is 0 Å². The Morgan fingerprint density at radius 3 is 2.41 bits per heavy atom. The predicted molar refractivity (Wildman–Crippen MR) is 111 cm³/mol. The average molecular weight is 412 g/mol. The van der Waals surface area contributed by atoms with E-state index < -0.39 is 0 Å². The third-order valence-electron chi connectivity index (χ3n) is 5.69. The first kappa shape index (κ1) is 19.5. The van der Waals surface area contributed by atoms with Gasteiger partial charge < -0.3 is 14.8 Å². The van der Waals surface area contributed by atoms with E-state index in [4.69, 9.17) is 21.1 Å². The van der Waals surface area contributed by atoms with Gasteiger partial charge in [0.05, 0.1) is 14.2 Å². The molecule has 4 rings (SSSR count). The van der Waals surface area contributed by atoms with Gasteiger partial charge in [-0.2, -0.15) is 0 Å². The highest BCUT2D eigenvalue weighted by atomic mass is 35.5. The minimum Gasteiger partial charge on any atom is -0.493 e. The minimum atomic E-state index is -0.358. The zero-order chi connectivity index (χ0) is 20.5. The molecule has 0 aromatic heterocycles. The number of methoxy groups -OCH3 is 2. The van der Waals surface area contributed by atoms with E-state index in [0.717, 1.165) is 11.1 Å². The highest BCUT2D eigenvalue weighted by molar-refractivity contribution is 6.31. The molecule has 2 aliphatic rings. The van der Waals surface area contributed by atoms with E-state index >= 15 is 0 Å². The molecule has 1 amide bonds. The Hall–Kier alpha value is -2.79. The van der Waals surface area contributed by atoms with Crippen LogP contribution in [0.4, 0.5) is 0 Å².